The van der Waals surface area contributed by atoms with E-state index in [0.717, 1.165) is 49.7 Å². The van der Waals surface area contributed by atoms with Gasteiger partial charge in [0, 0.05) is 36.4 Å². The standard InChI is InChI=1S/C17H22ClN3O2/c18-15-3-1-14(2-4-15)16-11-17(21(20-16)7-8-22)19-12-13-5-9-23-10-6-13/h1-4,11,13,19,22H,5-10,12H2. The van der Waals surface area contributed by atoms with Crippen LogP contribution in [0.25, 0.3) is 11.3 Å². The number of hydrogen-bond donors (Lipinski definition) is 2. The fourth-order valence-corrected chi connectivity index (χ4v) is 2.91. The second-order valence-electron chi connectivity index (χ2n) is 5.81. The lowest BCUT2D eigenvalue weighted by Crippen LogP contribution is -2.23. The number of nitrogens with zero attached hydrogens (tertiary/aromatic N) is 2. The van der Waals surface area contributed by atoms with Gasteiger partial charge >= 0.3 is 0 Å². The molecule has 6 heteroatoms. The van der Waals surface area contributed by atoms with Crippen LogP contribution in [0.2, 0.25) is 5.02 Å². The highest BCUT2D eigenvalue weighted by molar-refractivity contribution is 6.30. The molecule has 124 valence electrons. The number of aliphatic hydroxyl groups is 1. The van der Waals surface area contributed by atoms with Gasteiger partial charge in [0.15, 0.2) is 0 Å². The molecular formula is C17H22ClN3O2. The Bertz CT molecular complexity index is 621. The Balaban J connectivity index is 1.73. The Kier molecular flexibility index (Phi) is 5.54. The summed E-state index contributed by atoms with van der Waals surface area (Å²) >= 11 is 5.94. The molecule has 0 saturated carbocycles. The van der Waals surface area contributed by atoms with E-state index in [1.54, 1.807) is 0 Å². The van der Waals surface area contributed by atoms with Crippen molar-refractivity contribution in [3.05, 3.63) is 35.4 Å². The minimum absolute atomic E-state index is 0.0632. The number of nitrogens with one attached hydrogen (secondary N) is 1. The number of ether oxygens (including phenoxy) is 1. The van der Waals surface area contributed by atoms with Gasteiger partial charge in [-0.1, -0.05) is 23.7 Å². The molecular weight excluding hydrogens is 314 g/mol. The molecule has 5 nitrogen and oxygen atoms in total. The zero-order valence-electron chi connectivity index (χ0n) is 13.0. The number of aromatic nitrogens is 2. The summed E-state index contributed by atoms with van der Waals surface area (Å²) < 4.78 is 7.22. The molecule has 3 rings (SSSR count). The van der Waals surface area contributed by atoms with E-state index in [2.05, 4.69) is 10.4 Å². The molecule has 2 aromatic rings. The SMILES string of the molecule is OCCn1nc(-c2ccc(Cl)cc2)cc1NCC1CCOCC1. The van der Waals surface area contributed by atoms with E-state index in [-0.39, 0.29) is 6.61 Å². The third-order valence-electron chi connectivity index (χ3n) is 4.14. The van der Waals surface area contributed by atoms with Crippen molar-refractivity contribution in [2.24, 2.45) is 5.92 Å². The lowest BCUT2D eigenvalue weighted by Gasteiger charge is -2.22. The van der Waals surface area contributed by atoms with Crippen LogP contribution in [-0.2, 0) is 11.3 Å². The van der Waals surface area contributed by atoms with Gasteiger partial charge in [-0.3, -0.25) is 0 Å². The van der Waals surface area contributed by atoms with Crippen LogP contribution in [0.3, 0.4) is 0 Å². The van der Waals surface area contributed by atoms with Gasteiger partial charge in [-0.15, -0.1) is 0 Å². The van der Waals surface area contributed by atoms with Gasteiger partial charge in [0.25, 0.3) is 0 Å². The largest absolute Gasteiger partial charge is 0.394 e. The first kappa shape index (κ1) is 16.3. The maximum atomic E-state index is 9.25. The molecule has 23 heavy (non-hydrogen) atoms. The molecule has 0 unspecified atom stereocenters. The first-order valence-electron chi connectivity index (χ1n) is 8.02. The Morgan fingerprint density at radius 3 is 2.70 bits per heavy atom. The van der Waals surface area contributed by atoms with Crippen molar-refractivity contribution in [1.29, 1.82) is 0 Å². The lowest BCUT2D eigenvalue weighted by molar-refractivity contribution is 0.0699. The Morgan fingerprint density at radius 2 is 2.00 bits per heavy atom. The molecule has 1 fully saturated rings. The maximum absolute atomic E-state index is 9.25. The average Bonchev–Trinajstić information content (AvgIpc) is 2.98. The zero-order valence-corrected chi connectivity index (χ0v) is 13.8. The number of benzene rings is 1. The summed E-state index contributed by atoms with van der Waals surface area (Å²) in [6.45, 7) is 3.13. The number of rotatable bonds is 6. The second-order valence-corrected chi connectivity index (χ2v) is 6.24. The summed E-state index contributed by atoms with van der Waals surface area (Å²) in [5.74, 6) is 1.57. The van der Waals surface area contributed by atoms with Gasteiger partial charge in [-0.25, -0.2) is 4.68 Å². The Morgan fingerprint density at radius 1 is 1.26 bits per heavy atom. The van der Waals surface area contributed by atoms with Crippen LogP contribution in [0.15, 0.2) is 30.3 Å². The van der Waals surface area contributed by atoms with E-state index in [0.29, 0.717) is 17.5 Å². The minimum atomic E-state index is 0.0632. The fraction of sp³-hybridized carbons (Fsp3) is 0.471. The molecule has 2 N–H and O–H groups in total. The van der Waals surface area contributed by atoms with Gasteiger partial charge < -0.3 is 15.2 Å². The first-order chi connectivity index (χ1) is 11.3. The molecule has 1 aliphatic rings. The number of aliphatic hydroxyl groups excluding tert-OH is 1. The summed E-state index contributed by atoms with van der Waals surface area (Å²) in [5.41, 5.74) is 1.89. The van der Waals surface area contributed by atoms with Crippen molar-refractivity contribution < 1.29 is 9.84 Å². The predicted octanol–water partition coefficient (Wildman–Crippen LogP) is 3.03. The zero-order chi connectivity index (χ0) is 16.1. The van der Waals surface area contributed by atoms with E-state index >= 15 is 0 Å². The van der Waals surface area contributed by atoms with E-state index in [9.17, 15) is 5.11 Å². The van der Waals surface area contributed by atoms with Gasteiger partial charge in [-0.05, 0) is 30.9 Å². The highest BCUT2D eigenvalue weighted by Gasteiger charge is 2.15. The summed E-state index contributed by atoms with van der Waals surface area (Å²) in [5, 5.41) is 18.0. The predicted molar refractivity (Wildman–Crippen MR) is 91.8 cm³/mol. The Hall–Kier alpha value is -1.56. The van der Waals surface area contributed by atoms with Crippen LogP contribution in [0.5, 0.6) is 0 Å². The van der Waals surface area contributed by atoms with Gasteiger partial charge in [-0.2, -0.15) is 5.10 Å². The molecule has 0 atom stereocenters. The van der Waals surface area contributed by atoms with Crippen molar-refractivity contribution in [1.82, 2.24) is 9.78 Å². The van der Waals surface area contributed by atoms with Crippen molar-refractivity contribution in [2.45, 2.75) is 19.4 Å². The van der Waals surface area contributed by atoms with Crippen LogP contribution in [0.1, 0.15) is 12.8 Å². The quantitative estimate of drug-likeness (QED) is 0.852. The average molecular weight is 336 g/mol. The molecule has 0 amide bonds. The summed E-state index contributed by atoms with van der Waals surface area (Å²) in [6.07, 6.45) is 2.18. The smallest absolute Gasteiger partial charge is 0.125 e. The number of anilines is 1. The number of halogens is 1. The van der Waals surface area contributed by atoms with Crippen LogP contribution in [0, 0.1) is 5.92 Å². The molecule has 1 aromatic carbocycles. The van der Waals surface area contributed by atoms with E-state index in [4.69, 9.17) is 16.3 Å². The van der Waals surface area contributed by atoms with Crippen LogP contribution in [0.4, 0.5) is 5.82 Å². The van der Waals surface area contributed by atoms with Crippen LogP contribution >= 0.6 is 11.6 Å². The number of hydrogen-bond acceptors (Lipinski definition) is 4. The molecule has 1 saturated heterocycles. The van der Waals surface area contributed by atoms with E-state index in [1.165, 1.54) is 0 Å². The summed E-state index contributed by atoms with van der Waals surface area (Å²) in [6, 6.07) is 9.65. The molecule has 1 aromatic heterocycles. The van der Waals surface area contributed by atoms with Crippen LogP contribution in [-0.4, -0.2) is 41.3 Å². The molecule has 0 bridgehead atoms. The first-order valence-corrected chi connectivity index (χ1v) is 8.40. The van der Waals surface area contributed by atoms with E-state index < -0.39 is 0 Å². The molecule has 0 spiro atoms. The summed E-state index contributed by atoms with van der Waals surface area (Å²) in [7, 11) is 0. The molecule has 0 radical (unpaired) electrons. The third-order valence-corrected chi connectivity index (χ3v) is 4.40. The Labute approximate surface area is 141 Å². The topological polar surface area (TPSA) is 59.3 Å². The highest BCUT2D eigenvalue weighted by atomic mass is 35.5. The minimum Gasteiger partial charge on any atom is -0.394 e. The van der Waals surface area contributed by atoms with Crippen LogP contribution < -0.4 is 5.32 Å². The van der Waals surface area contributed by atoms with E-state index in [1.807, 2.05) is 35.0 Å². The van der Waals surface area contributed by atoms with Crippen molar-refractivity contribution >= 4 is 17.4 Å². The molecule has 2 heterocycles. The molecule has 0 aliphatic carbocycles. The maximum Gasteiger partial charge on any atom is 0.125 e. The fourth-order valence-electron chi connectivity index (χ4n) is 2.79. The molecule has 1 aliphatic heterocycles. The monoisotopic (exact) mass is 335 g/mol. The van der Waals surface area contributed by atoms with Gasteiger partial charge in [0.2, 0.25) is 0 Å². The van der Waals surface area contributed by atoms with Gasteiger partial charge in [0.05, 0.1) is 18.8 Å². The summed E-state index contributed by atoms with van der Waals surface area (Å²) in [4.78, 5) is 0. The van der Waals surface area contributed by atoms with Crippen molar-refractivity contribution in [3.63, 3.8) is 0 Å². The highest BCUT2D eigenvalue weighted by Crippen LogP contribution is 2.24. The van der Waals surface area contributed by atoms with Gasteiger partial charge in [0.1, 0.15) is 5.82 Å². The van der Waals surface area contributed by atoms with Crippen molar-refractivity contribution in [2.75, 3.05) is 31.7 Å². The third kappa shape index (κ3) is 4.25. The lowest BCUT2D eigenvalue weighted by atomic mass is 10.0. The second kappa shape index (κ2) is 7.81. The van der Waals surface area contributed by atoms with Crippen molar-refractivity contribution in [3.8, 4) is 11.3 Å². The normalized spacial score (nSPS) is 15.7.